The predicted octanol–water partition coefficient (Wildman–Crippen LogP) is 6.91. The van der Waals surface area contributed by atoms with Crippen LogP contribution in [0.2, 0.25) is 0 Å². The fourth-order valence-electron chi connectivity index (χ4n) is 3.04. The normalized spacial score (nSPS) is 15.6. The summed E-state index contributed by atoms with van der Waals surface area (Å²) in [5.74, 6) is -20.6. The Labute approximate surface area is 279 Å². The second-order valence-corrected chi connectivity index (χ2v) is 10.4. The molecule has 0 aromatic heterocycles. The van der Waals surface area contributed by atoms with Gasteiger partial charge < -0.3 is 28.4 Å². The van der Waals surface area contributed by atoms with Crippen LogP contribution in [0, 0.1) is 0 Å². The highest BCUT2D eigenvalue weighted by Gasteiger charge is 2.59. The van der Waals surface area contributed by atoms with E-state index < -0.39 is 124 Å². The molecule has 0 heterocycles. The quantitative estimate of drug-likeness (QED) is 0.0501. The highest BCUT2D eigenvalue weighted by atomic mass is 19.4. The number of ether oxygens (including phenoxy) is 6. The fourth-order valence-corrected chi connectivity index (χ4v) is 3.04. The third kappa shape index (κ3) is 16.9. The molecule has 300 valence electrons. The summed E-state index contributed by atoms with van der Waals surface area (Å²) >= 11 is 0. The van der Waals surface area contributed by atoms with E-state index in [2.05, 4.69) is 14.2 Å². The molecule has 0 aliphatic rings. The van der Waals surface area contributed by atoms with Crippen LogP contribution in [0.5, 0.6) is 0 Å². The first-order valence-electron chi connectivity index (χ1n) is 14.4. The van der Waals surface area contributed by atoms with Gasteiger partial charge in [0, 0.05) is 6.08 Å². The number of halogens is 15. The number of alkyl halides is 15. The first-order valence-corrected chi connectivity index (χ1v) is 14.4. The molecule has 0 amide bonds. The van der Waals surface area contributed by atoms with Gasteiger partial charge in [-0.1, -0.05) is 20.8 Å². The van der Waals surface area contributed by atoms with E-state index in [1.54, 1.807) is 0 Å². The van der Waals surface area contributed by atoms with Gasteiger partial charge in [-0.15, -0.1) is 0 Å². The van der Waals surface area contributed by atoms with Crippen molar-refractivity contribution in [3.8, 4) is 0 Å². The van der Waals surface area contributed by atoms with Gasteiger partial charge in [0.15, 0.2) is 0 Å². The summed E-state index contributed by atoms with van der Waals surface area (Å²) in [6, 6.07) is 0. The second-order valence-electron chi connectivity index (χ2n) is 10.4. The maximum Gasteiger partial charge on any atom is 0.455 e. The predicted molar refractivity (Wildman–Crippen MR) is 139 cm³/mol. The van der Waals surface area contributed by atoms with Crippen molar-refractivity contribution in [2.75, 3.05) is 39.6 Å². The zero-order chi connectivity index (χ0) is 40.1. The van der Waals surface area contributed by atoms with Crippen LogP contribution in [0.25, 0.3) is 0 Å². The van der Waals surface area contributed by atoms with Crippen molar-refractivity contribution >= 4 is 17.9 Å². The van der Waals surface area contributed by atoms with E-state index in [0.717, 1.165) is 0 Å². The van der Waals surface area contributed by atoms with Crippen molar-refractivity contribution in [1.29, 1.82) is 0 Å². The second kappa shape index (κ2) is 19.7. The summed E-state index contributed by atoms with van der Waals surface area (Å²) in [7, 11) is 0. The molecule has 0 saturated heterocycles. The Morgan fingerprint density at radius 3 is 1.14 bits per heavy atom. The zero-order valence-electron chi connectivity index (χ0n) is 26.7. The summed E-state index contributed by atoms with van der Waals surface area (Å²) in [5.41, 5.74) is -1.01. The average molecular weight is 787 g/mol. The molecule has 0 fully saturated rings. The number of carbonyl (C=O) groups excluding carboxylic acids is 3. The van der Waals surface area contributed by atoms with Gasteiger partial charge in [-0.05, 0) is 19.3 Å². The van der Waals surface area contributed by atoms with Gasteiger partial charge in [0.25, 0.3) is 0 Å². The fraction of sp³-hybridized carbons (Fsp3) is 0.815. The van der Waals surface area contributed by atoms with Crippen molar-refractivity contribution in [1.82, 2.24) is 0 Å². The van der Waals surface area contributed by atoms with E-state index >= 15 is 0 Å². The first-order chi connectivity index (χ1) is 23.0. The summed E-state index contributed by atoms with van der Waals surface area (Å²) in [6.45, 7) is -5.92. The van der Waals surface area contributed by atoms with E-state index in [-0.39, 0.29) is 25.3 Å². The molecule has 3 unspecified atom stereocenters. The lowest BCUT2D eigenvalue weighted by atomic mass is 10.1. The van der Waals surface area contributed by atoms with Gasteiger partial charge in [0.05, 0.1) is 31.8 Å². The molecule has 0 rings (SSSR count). The van der Waals surface area contributed by atoms with Crippen molar-refractivity contribution in [2.24, 2.45) is 0 Å². The lowest BCUT2D eigenvalue weighted by molar-refractivity contribution is -0.298. The molecule has 3 atom stereocenters. The molecule has 0 saturated carbocycles. The summed E-state index contributed by atoms with van der Waals surface area (Å²) in [4.78, 5) is 37.9. The molecule has 0 radical (unpaired) electrons. The third-order valence-corrected chi connectivity index (χ3v) is 6.12. The van der Waals surface area contributed by atoms with Crippen molar-refractivity contribution < 1.29 is 109 Å². The molecule has 24 heteroatoms. The molecule has 0 aliphatic carbocycles. The van der Waals surface area contributed by atoms with E-state index in [4.69, 9.17) is 14.2 Å². The minimum absolute atomic E-state index is 0.225. The van der Waals surface area contributed by atoms with Crippen LogP contribution in [0.3, 0.4) is 0 Å². The van der Waals surface area contributed by atoms with Gasteiger partial charge in [0.1, 0.15) is 38.1 Å². The Kier molecular flexibility index (Phi) is 18.5. The van der Waals surface area contributed by atoms with Gasteiger partial charge in [-0.3, -0.25) is 4.79 Å². The number of hydrogen-bond acceptors (Lipinski definition) is 9. The van der Waals surface area contributed by atoms with Gasteiger partial charge in [-0.25, -0.2) is 9.59 Å². The van der Waals surface area contributed by atoms with Gasteiger partial charge in [-0.2, -0.15) is 65.9 Å². The van der Waals surface area contributed by atoms with Crippen LogP contribution < -0.4 is 0 Å². The van der Waals surface area contributed by atoms with E-state index in [1.807, 2.05) is 0 Å². The molecule has 9 nitrogen and oxygen atoms in total. The van der Waals surface area contributed by atoms with Crippen LogP contribution in [0.1, 0.15) is 46.5 Å². The van der Waals surface area contributed by atoms with E-state index in [0.29, 0.717) is 0 Å². The Morgan fingerprint density at radius 2 is 0.824 bits per heavy atom. The number of carbonyl (C=O) groups is 3. The van der Waals surface area contributed by atoms with Gasteiger partial charge in [0.2, 0.25) is 0 Å². The number of esters is 3. The molecule has 51 heavy (non-hydrogen) atoms. The molecule has 0 aromatic carbocycles. The maximum absolute atomic E-state index is 13.1. The lowest BCUT2D eigenvalue weighted by Crippen LogP contribution is -2.41. The smallest absolute Gasteiger partial charge is 0.455 e. The minimum Gasteiger partial charge on any atom is -0.460 e. The largest absolute Gasteiger partial charge is 0.460 e. The van der Waals surface area contributed by atoms with Crippen LogP contribution >= 0.6 is 0 Å². The summed E-state index contributed by atoms with van der Waals surface area (Å²) < 4.78 is 217. The van der Waals surface area contributed by atoms with Gasteiger partial charge >= 0.3 is 54.2 Å². The highest BCUT2D eigenvalue weighted by molar-refractivity contribution is 5.99. The third-order valence-electron chi connectivity index (χ3n) is 6.12. The minimum atomic E-state index is -6.00. The van der Waals surface area contributed by atoms with Crippen molar-refractivity contribution in [3.63, 3.8) is 0 Å². The van der Waals surface area contributed by atoms with E-state index in [9.17, 15) is 80.2 Å². The Bertz CT molecular complexity index is 1140. The lowest BCUT2D eigenvalue weighted by Gasteiger charge is -2.22. The maximum atomic E-state index is 13.1. The van der Waals surface area contributed by atoms with Crippen molar-refractivity contribution in [3.05, 3.63) is 11.6 Å². The van der Waals surface area contributed by atoms with Crippen LogP contribution in [0.15, 0.2) is 11.6 Å². The van der Waals surface area contributed by atoms with Crippen LogP contribution in [-0.2, 0) is 42.8 Å². The molecular formula is C27H33F15O9. The highest BCUT2D eigenvalue weighted by Crippen LogP contribution is 2.37. The topological polar surface area (TPSA) is 107 Å². The molecule has 0 aliphatic heterocycles. The molecule has 0 aromatic rings. The monoisotopic (exact) mass is 786 g/mol. The summed E-state index contributed by atoms with van der Waals surface area (Å²) in [5, 5.41) is 0. The number of hydrogen-bond donors (Lipinski definition) is 0. The van der Waals surface area contributed by atoms with Crippen LogP contribution in [0.4, 0.5) is 65.9 Å². The summed E-state index contributed by atoms with van der Waals surface area (Å²) in [6.07, 6.45) is -24.5. The molecular weight excluding hydrogens is 753 g/mol. The molecule has 0 bridgehead atoms. The van der Waals surface area contributed by atoms with Crippen LogP contribution in [-0.4, -0.2) is 112 Å². The van der Waals surface area contributed by atoms with Crippen molar-refractivity contribution in [2.45, 2.75) is 101 Å². The Balaban J connectivity index is 5.89. The van der Waals surface area contributed by atoms with E-state index in [1.165, 1.54) is 20.8 Å². The molecule has 0 spiro atoms. The SMILES string of the molecule is CCC(COCC(F)(F)C(F)(F)F)OC(=O)/C=C(\CC(=O)OC(CC)COCC(F)(F)C(F)(F)F)C(=O)OC(CC)COCC(F)(F)C(F)(F)F. The number of rotatable bonds is 22. The zero-order valence-corrected chi connectivity index (χ0v) is 26.7. The first kappa shape index (κ1) is 48.0. The average Bonchev–Trinajstić information content (AvgIpc) is 2.97. The molecule has 0 N–H and O–H groups in total. The Morgan fingerprint density at radius 1 is 0.510 bits per heavy atom. The standard InChI is InChI=1S/C27H33F15O9/c1-4-16(9-46-12-22(28,29)25(34,35)36)49-19(43)7-15(21(45)51-18(6-3)11-48-14-24(32,33)27(40,41)42)8-20(44)50-17(5-2)10-47-13-23(30,31)26(37,38)39/h7,16-18H,4-6,8-14H2,1-3H3/b15-7+. The Hall–Kier alpha value is -3.02.